The Balaban J connectivity index is 2.06. The Labute approximate surface area is 155 Å². The third kappa shape index (κ3) is 3.98. The van der Waals surface area contributed by atoms with Gasteiger partial charge in [-0.2, -0.15) is 10.4 Å². The highest BCUT2D eigenvalue weighted by molar-refractivity contribution is 5.94. The fourth-order valence-corrected chi connectivity index (χ4v) is 2.37. The van der Waals surface area contributed by atoms with Crippen LogP contribution in [0.5, 0.6) is 0 Å². The van der Waals surface area contributed by atoms with Crippen molar-refractivity contribution < 1.29 is 9.18 Å². The van der Waals surface area contributed by atoms with Crippen LogP contribution in [-0.2, 0) is 0 Å². The minimum absolute atomic E-state index is 0.126. The second-order valence-corrected chi connectivity index (χ2v) is 6.55. The summed E-state index contributed by atoms with van der Waals surface area (Å²) in [6, 6.07) is 10.4. The van der Waals surface area contributed by atoms with Crippen molar-refractivity contribution in [3.63, 3.8) is 0 Å². The van der Waals surface area contributed by atoms with Crippen LogP contribution in [0.1, 0.15) is 29.9 Å². The first-order valence-corrected chi connectivity index (χ1v) is 8.19. The van der Waals surface area contributed by atoms with E-state index in [4.69, 9.17) is 5.26 Å². The maximum Gasteiger partial charge on any atom is 0.272 e. The molecule has 0 aliphatic carbocycles. The standard InChI is InChI=1S/C19H17FN6O/c1-19(2,12-20)24-18(27)16-8-17(15-6-5-13(9-21)10-23-15)26(25-16)14-4-3-7-22-11-14/h3-8,10-11H,12H2,1-2H3,(H,24,27). The summed E-state index contributed by atoms with van der Waals surface area (Å²) in [5.74, 6) is -0.491. The van der Waals surface area contributed by atoms with Gasteiger partial charge >= 0.3 is 0 Å². The SMILES string of the molecule is CC(C)(CF)NC(=O)c1cc(-c2ccc(C#N)cn2)n(-c2cccnc2)n1. The molecule has 1 amide bonds. The fraction of sp³-hybridized carbons (Fsp3) is 0.211. The van der Waals surface area contributed by atoms with Gasteiger partial charge in [0.15, 0.2) is 5.69 Å². The number of aromatic nitrogens is 4. The summed E-state index contributed by atoms with van der Waals surface area (Å²) in [7, 11) is 0. The van der Waals surface area contributed by atoms with Crippen LogP contribution >= 0.6 is 0 Å². The number of rotatable bonds is 5. The Hall–Kier alpha value is -3.60. The van der Waals surface area contributed by atoms with E-state index in [0.29, 0.717) is 22.6 Å². The number of amides is 1. The van der Waals surface area contributed by atoms with E-state index in [1.54, 1.807) is 61.3 Å². The van der Waals surface area contributed by atoms with Gasteiger partial charge in [0, 0.05) is 12.4 Å². The molecule has 3 aromatic heterocycles. The summed E-state index contributed by atoms with van der Waals surface area (Å²) in [6.45, 7) is 2.48. The highest BCUT2D eigenvalue weighted by atomic mass is 19.1. The summed E-state index contributed by atoms with van der Waals surface area (Å²) in [5.41, 5.74) is 1.28. The predicted molar refractivity (Wildman–Crippen MR) is 96.8 cm³/mol. The van der Waals surface area contributed by atoms with Crippen molar-refractivity contribution in [3.05, 3.63) is 60.2 Å². The molecular weight excluding hydrogens is 347 g/mol. The number of nitrogens with one attached hydrogen (secondary N) is 1. The van der Waals surface area contributed by atoms with Crippen molar-refractivity contribution in [2.75, 3.05) is 6.67 Å². The predicted octanol–water partition coefficient (Wildman–Crippen LogP) is 2.68. The summed E-state index contributed by atoms with van der Waals surface area (Å²) in [5, 5.41) is 15.9. The van der Waals surface area contributed by atoms with Crippen molar-refractivity contribution in [3.8, 4) is 23.1 Å². The third-order valence-corrected chi connectivity index (χ3v) is 3.77. The van der Waals surface area contributed by atoms with E-state index in [1.807, 2.05) is 6.07 Å². The lowest BCUT2D eigenvalue weighted by Gasteiger charge is -2.21. The van der Waals surface area contributed by atoms with Gasteiger partial charge in [-0.3, -0.25) is 14.8 Å². The van der Waals surface area contributed by atoms with Crippen LogP contribution in [0.4, 0.5) is 4.39 Å². The molecular formula is C19H17FN6O. The number of halogens is 1. The average Bonchev–Trinajstić information content (AvgIpc) is 3.14. The number of pyridine rings is 2. The van der Waals surface area contributed by atoms with Crippen LogP contribution in [0.15, 0.2) is 48.9 Å². The summed E-state index contributed by atoms with van der Waals surface area (Å²) >= 11 is 0. The first-order valence-electron chi connectivity index (χ1n) is 8.19. The van der Waals surface area contributed by atoms with Gasteiger partial charge in [-0.25, -0.2) is 9.07 Å². The Kier molecular flexibility index (Phi) is 4.94. The molecule has 8 heteroatoms. The zero-order chi connectivity index (χ0) is 19.4. The maximum atomic E-state index is 13.0. The second-order valence-electron chi connectivity index (χ2n) is 6.55. The van der Waals surface area contributed by atoms with Gasteiger partial charge in [0.25, 0.3) is 5.91 Å². The van der Waals surface area contributed by atoms with E-state index in [9.17, 15) is 9.18 Å². The molecule has 136 valence electrons. The molecule has 0 aromatic carbocycles. The smallest absolute Gasteiger partial charge is 0.272 e. The first kappa shape index (κ1) is 18.2. The van der Waals surface area contributed by atoms with E-state index in [0.717, 1.165) is 0 Å². The highest BCUT2D eigenvalue weighted by Gasteiger charge is 2.24. The largest absolute Gasteiger partial charge is 0.343 e. The summed E-state index contributed by atoms with van der Waals surface area (Å²) < 4.78 is 14.6. The number of nitrogens with zero attached hydrogens (tertiary/aromatic N) is 5. The highest BCUT2D eigenvalue weighted by Crippen LogP contribution is 2.22. The molecule has 0 spiro atoms. The third-order valence-electron chi connectivity index (χ3n) is 3.77. The lowest BCUT2D eigenvalue weighted by molar-refractivity contribution is 0.0894. The van der Waals surface area contributed by atoms with Crippen molar-refractivity contribution >= 4 is 5.91 Å². The Morgan fingerprint density at radius 2 is 2.15 bits per heavy atom. The molecule has 0 aliphatic rings. The van der Waals surface area contributed by atoms with Gasteiger partial charge in [-0.15, -0.1) is 0 Å². The first-order chi connectivity index (χ1) is 12.9. The van der Waals surface area contributed by atoms with Gasteiger partial charge in [-0.1, -0.05) is 0 Å². The van der Waals surface area contributed by atoms with E-state index >= 15 is 0 Å². The number of alkyl halides is 1. The maximum absolute atomic E-state index is 13.0. The second kappa shape index (κ2) is 7.33. The molecule has 3 heterocycles. The van der Waals surface area contributed by atoms with Crippen molar-refractivity contribution in [2.24, 2.45) is 0 Å². The molecule has 0 fully saturated rings. The summed E-state index contributed by atoms with van der Waals surface area (Å²) in [4.78, 5) is 20.9. The number of carbonyl (C=O) groups is 1. The topological polar surface area (TPSA) is 96.5 Å². The fourth-order valence-electron chi connectivity index (χ4n) is 2.37. The van der Waals surface area contributed by atoms with Gasteiger partial charge < -0.3 is 5.32 Å². The Bertz CT molecular complexity index is 989. The van der Waals surface area contributed by atoms with Gasteiger partial charge in [0.05, 0.1) is 34.4 Å². The van der Waals surface area contributed by atoms with E-state index in [1.165, 1.54) is 6.20 Å². The van der Waals surface area contributed by atoms with Gasteiger partial charge in [-0.05, 0) is 44.2 Å². The molecule has 0 saturated heterocycles. The van der Waals surface area contributed by atoms with E-state index < -0.39 is 18.1 Å². The van der Waals surface area contributed by atoms with Crippen molar-refractivity contribution in [2.45, 2.75) is 19.4 Å². The molecule has 0 aliphatic heterocycles. The molecule has 0 unspecified atom stereocenters. The number of hydrogen-bond donors (Lipinski definition) is 1. The number of carbonyl (C=O) groups excluding carboxylic acids is 1. The lowest BCUT2D eigenvalue weighted by atomic mass is 10.1. The molecule has 7 nitrogen and oxygen atoms in total. The lowest BCUT2D eigenvalue weighted by Crippen LogP contribution is -2.45. The Morgan fingerprint density at radius 3 is 2.74 bits per heavy atom. The minimum Gasteiger partial charge on any atom is -0.343 e. The zero-order valence-corrected chi connectivity index (χ0v) is 14.8. The summed E-state index contributed by atoms with van der Waals surface area (Å²) in [6.07, 6.45) is 4.68. The quantitative estimate of drug-likeness (QED) is 0.751. The average molecular weight is 364 g/mol. The minimum atomic E-state index is -0.998. The van der Waals surface area contributed by atoms with Crippen molar-refractivity contribution in [1.82, 2.24) is 25.1 Å². The molecule has 0 bridgehead atoms. The van der Waals surface area contributed by atoms with E-state index in [-0.39, 0.29) is 5.69 Å². The molecule has 0 atom stereocenters. The molecule has 3 aromatic rings. The van der Waals surface area contributed by atoms with Crippen molar-refractivity contribution in [1.29, 1.82) is 5.26 Å². The van der Waals surface area contributed by atoms with Crippen LogP contribution in [0.25, 0.3) is 17.1 Å². The van der Waals surface area contributed by atoms with Crippen LogP contribution in [0.3, 0.4) is 0 Å². The monoisotopic (exact) mass is 364 g/mol. The van der Waals surface area contributed by atoms with Gasteiger partial charge in [0.1, 0.15) is 12.7 Å². The molecule has 3 rings (SSSR count). The molecule has 0 saturated carbocycles. The molecule has 27 heavy (non-hydrogen) atoms. The number of nitriles is 1. The normalized spacial score (nSPS) is 11.0. The van der Waals surface area contributed by atoms with E-state index in [2.05, 4.69) is 20.4 Å². The zero-order valence-electron chi connectivity index (χ0n) is 14.8. The number of hydrogen-bond acceptors (Lipinski definition) is 5. The molecule has 1 N–H and O–H groups in total. The van der Waals surface area contributed by atoms with Crippen LogP contribution in [-0.4, -0.2) is 37.9 Å². The van der Waals surface area contributed by atoms with Crippen LogP contribution < -0.4 is 5.32 Å². The van der Waals surface area contributed by atoms with Crippen LogP contribution in [0, 0.1) is 11.3 Å². The van der Waals surface area contributed by atoms with Crippen LogP contribution in [0.2, 0.25) is 0 Å². The van der Waals surface area contributed by atoms with Gasteiger partial charge in [0.2, 0.25) is 0 Å². The molecule has 0 radical (unpaired) electrons. The Morgan fingerprint density at radius 1 is 1.33 bits per heavy atom.